The molecule has 0 bridgehead atoms. The van der Waals surface area contributed by atoms with E-state index in [1.807, 2.05) is 40.8 Å². The topological polar surface area (TPSA) is 46.9 Å². The lowest BCUT2D eigenvalue weighted by Crippen LogP contribution is -2.23. The molecule has 0 fully saturated rings. The average molecular weight is 384 g/mol. The zero-order chi connectivity index (χ0) is 18.0. The highest BCUT2D eigenvalue weighted by Crippen LogP contribution is 2.16. The molecule has 1 N–H and O–H groups in total. The monoisotopic (exact) mass is 383 g/mol. The minimum Gasteiger partial charge on any atom is -0.352 e. The van der Waals surface area contributed by atoms with Crippen molar-refractivity contribution in [2.24, 2.45) is 0 Å². The Hall–Kier alpha value is -2.31. The lowest BCUT2D eigenvalue weighted by Gasteiger charge is -2.01. The summed E-state index contributed by atoms with van der Waals surface area (Å²) in [7, 11) is 0. The van der Waals surface area contributed by atoms with Gasteiger partial charge in [0.15, 0.2) is 0 Å². The van der Waals surface area contributed by atoms with Crippen LogP contribution in [0.25, 0.3) is 6.08 Å². The Kier molecular flexibility index (Phi) is 7.10. The van der Waals surface area contributed by atoms with E-state index in [1.165, 1.54) is 10.4 Å². The molecule has 0 spiro atoms. The van der Waals surface area contributed by atoms with Crippen molar-refractivity contribution in [2.75, 3.05) is 12.3 Å². The molecule has 2 aromatic heterocycles. The summed E-state index contributed by atoms with van der Waals surface area (Å²) in [6, 6.07) is 14.4. The number of nitrogens with zero attached hydrogens (tertiary/aromatic N) is 2. The van der Waals surface area contributed by atoms with Gasteiger partial charge in [-0.25, -0.2) is 0 Å². The quantitative estimate of drug-likeness (QED) is 0.448. The summed E-state index contributed by atoms with van der Waals surface area (Å²) >= 11 is 3.60. The van der Waals surface area contributed by atoms with Gasteiger partial charge in [0, 0.05) is 40.8 Å². The SMILES string of the molecule is O=C(/C=C/c1cnn(Cc2ccccc2)c1)NCCSCc1cccs1. The number of hydrogen-bond acceptors (Lipinski definition) is 4. The van der Waals surface area contributed by atoms with Crippen LogP contribution in [0.4, 0.5) is 0 Å². The van der Waals surface area contributed by atoms with E-state index in [2.05, 4.69) is 40.1 Å². The third kappa shape index (κ3) is 6.20. The van der Waals surface area contributed by atoms with Gasteiger partial charge in [-0.1, -0.05) is 36.4 Å². The second-order valence-corrected chi connectivity index (χ2v) is 7.85. The van der Waals surface area contributed by atoms with E-state index in [0.717, 1.165) is 23.6 Å². The molecule has 0 radical (unpaired) electrons. The van der Waals surface area contributed by atoms with Crippen LogP contribution < -0.4 is 5.32 Å². The molecule has 1 aromatic carbocycles. The van der Waals surface area contributed by atoms with Crippen molar-refractivity contribution in [3.8, 4) is 0 Å². The minimum atomic E-state index is -0.0717. The van der Waals surface area contributed by atoms with E-state index in [1.54, 1.807) is 29.7 Å². The summed E-state index contributed by atoms with van der Waals surface area (Å²) in [6.07, 6.45) is 7.06. The lowest BCUT2D eigenvalue weighted by molar-refractivity contribution is -0.116. The van der Waals surface area contributed by atoms with Crippen LogP contribution in [0.5, 0.6) is 0 Å². The Morgan fingerprint density at radius 2 is 2.12 bits per heavy atom. The molecule has 0 saturated carbocycles. The van der Waals surface area contributed by atoms with Gasteiger partial charge in [0.2, 0.25) is 5.91 Å². The van der Waals surface area contributed by atoms with E-state index in [9.17, 15) is 4.79 Å². The lowest BCUT2D eigenvalue weighted by atomic mass is 10.2. The normalized spacial score (nSPS) is 11.1. The molecule has 3 rings (SSSR count). The highest BCUT2D eigenvalue weighted by atomic mass is 32.2. The van der Waals surface area contributed by atoms with E-state index >= 15 is 0 Å². The second-order valence-electron chi connectivity index (χ2n) is 5.71. The fourth-order valence-electron chi connectivity index (χ4n) is 2.37. The Labute approximate surface area is 161 Å². The van der Waals surface area contributed by atoms with Crippen LogP contribution in [0.2, 0.25) is 0 Å². The molecule has 0 atom stereocenters. The third-order valence-corrected chi connectivity index (χ3v) is 5.70. The van der Waals surface area contributed by atoms with Crippen LogP contribution >= 0.6 is 23.1 Å². The molecule has 1 amide bonds. The van der Waals surface area contributed by atoms with E-state index < -0.39 is 0 Å². The van der Waals surface area contributed by atoms with Gasteiger partial charge >= 0.3 is 0 Å². The summed E-state index contributed by atoms with van der Waals surface area (Å²) in [5.74, 6) is 1.84. The Morgan fingerprint density at radius 3 is 2.92 bits per heavy atom. The summed E-state index contributed by atoms with van der Waals surface area (Å²) in [6.45, 7) is 1.40. The number of thioether (sulfide) groups is 1. The van der Waals surface area contributed by atoms with Crippen molar-refractivity contribution in [2.45, 2.75) is 12.3 Å². The molecule has 0 aliphatic carbocycles. The van der Waals surface area contributed by atoms with Gasteiger partial charge in [0.25, 0.3) is 0 Å². The van der Waals surface area contributed by atoms with Crippen molar-refractivity contribution in [3.63, 3.8) is 0 Å². The van der Waals surface area contributed by atoms with Gasteiger partial charge in [0.05, 0.1) is 12.7 Å². The molecule has 0 aliphatic rings. The van der Waals surface area contributed by atoms with E-state index in [4.69, 9.17) is 0 Å². The Morgan fingerprint density at radius 1 is 1.23 bits per heavy atom. The van der Waals surface area contributed by atoms with Crippen LogP contribution in [-0.2, 0) is 17.1 Å². The van der Waals surface area contributed by atoms with Crippen LogP contribution in [-0.4, -0.2) is 28.0 Å². The van der Waals surface area contributed by atoms with Crippen LogP contribution in [0.3, 0.4) is 0 Å². The third-order valence-electron chi connectivity index (χ3n) is 3.64. The smallest absolute Gasteiger partial charge is 0.244 e. The zero-order valence-corrected chi connectivity index (χ0v) is 16.0. The van der Waals surface area contributed by atoms with Gasteiger partial charge < -0.3 is 5.32 Å². The summed E-state index contributed by atoms with van der Waals surface area (Å²) in [5, 5.41) is 9.33. The van der Waals surface area contributed by atoms with Gasteiger partial charge in [-0.3, -0.25) is 9.48 Å². The van der Waals surface area contributed by atoms with Crippen molar-refractivity contribution in [3.05, 3.63) is 82.3 Å². The predicted molar refractivity (Wildman–Crippen MR) is 110 cm³/mol. The average Bonchev–Trinajstić information content (AvgIpc) is 3.33. The predicted octanol–water partition coefficient (Wildman–Crippen LogP) is 4.06. The number of nitrogens with one attached hydrogen (secondary N) is 1. The number of carbonyl (C=O) groups is 1. The molecular formula is C20H21N3OS2. The number of thiophene rings is 1. The maximum absolute atomic E-state index is 11.9. The summed E-state index contributed by atoms with van der Waals surface area (Å²) in [4.78, 5) is 13.2. The number of rotatable bonds is 9. The molecule has 0 saturated heterocycles. The number of carbonyl (C=O) groups excluding carboxylic acids is 1. The van der Waals surface area contributed by atoms with Gasteiger partial charge in [-0.05, 0) is 23.1 Å². The number of hydrogen-bond donors (Lipinski definition) is 1. The van der Waals surface area contributed by atoms with Crippen LogP contribution in [0.1, 0.15) is 16.0 Å². The first-order valence-corrected chi connectivity index (χ1v) is 10.5. The first-order valence-electron chi connectivity index (χ1n) is 8.42. The molecule has 26 heavy (non-hydrogen) atoms. The molecule has 2 heterocycles. The fraction of sp³-hybridized carbons (Fsp3) is 0.200. The van der Waals surface area contributed by atoms with Gasteiger partial charge in [0.1, 0.15) is 0 Å². The second kappa shape index (κ2) is 9.99. The maximum atomic E-state index is 11.9. The molecule has 6 heteroatoms. The molecule has 4 nitrogen and oxygen atoms in total. The van der Waals surface area contributed by atoms with Crippen LogP contribution in [0, 0.1) is 0 Å². The Bertz CT molecular complexity index is 826. The molecule has 134 valence electrons. The number of aromatic nitrogens is 2. The fourth-order valence-corrected chi connectivity index (χ4v) is 4.07. The van der Waals surface area contributed by atoms with E-state index in [-0.39, 0.29) is 5.91 Å². The highest BCUT2D eigenvalue weighted by Gasteiger charge is 2.00. The van der Waals surface area contributed by atoms with Crippen molar-refractivity contribution in [1.82, 2.24) is 15.1 Å². The number of benzene rings is 1. The molecule has 0 unspecified atom stereocenters. The Balaban J connectivity index is 1.36. The zero-order valence-electron chi connectivity index (χ0n) is 14.4. The van der Waals surface area contributed by atoms with Crippen LogP contribution in [0.15, 0.2) is 66.3 Å². The molecule has 3 aromatic rings. The van der Waals surface area contributed by atoms with Gasteiger partial charge in [-0.15, -0.1) is 11.3 Å². The molecular weight excluding hydrogens is 362 g/mol. The summed E-state index contributed by atoms with van der Waals surface area (Å²) in [5.41, 5.74) is 2.12. The van der Waals surface area contributed by atoms with Crippen molar-refractivity contribution >= 4 is 35.1 Å². The maximum Gasteiger partial charge on any atom is 0.244 e. The van der Waals surface area contributed by atoms with Crippen molar-refractivity contribution < 1.29 is 4.79 Å². The highest BCUT2D eigenvalue weighted by molar-refractivity contribution is 7.98. The molecule has 0 aliphatic heterocycles. The van der Waals surface area contributed by atoms with E-state index in [0.29, 0.717) is 6.54 Å². The number of amides is 1. The minimum absolute atomic E-state index is 0.0717. The standard InChI is InChI=1S/C20H21N3OS2/c24-20(21-10-12-25-16-19-7-4-11-26-19)9-8-18-13-22-23(15-18)14-17-5-2-1-3-6-17/h1-9,11,13,15H,10,12,14,16H2,(H,21,24)/b9-8+. The first-order chi connectivity index (χ1) is 12.8. The van der Waals surface area contributed by atoms with Gasteiger partial charge in [-0.2, -0.15) is 16.9 Å². The van der Waals surface area contributed by atoms with Crippen molar-refractivity contribution in [1.29, 1.82) is 0 Å². The first kappa shape index (κ1) is 18.5. The summed E-state index contributed by atoms with van der Waals surface area (Å²) < 4.78 is 1.87. The largest absolute Gasteiger partial charge is 0.352 e.